The number of carbonyl (C=O) groups excluding carboxylic acids is 1. The monoisotopic (exact) mass is 617 g/mol. The number of sulfonamides is 2. The van der Waals surface area contributed by atoms with E-state index in [1.807, 2.05) is 0 Å². The molecule has 14 heteroatoms. The summed E-state index contributed by atoms with van der Waals surface area (Å²) in [5.74, 6) is -2.60. The van der Waals surface area contributed by atoms with Gasteiger partial charge in [0, 0.05) is 32.1 Å². The molecule has 0 radical (unpaired) electrons. The van der Waals surface area contributed by atoms with Crippen LogP contribution >= 0.6 is 0 Å². The molecule has 1 fully saturated rings. The van der Waals surface area contributed by atoms with Crippen molar-refractivity contribution in [3.8, 4) is 0 Å². The summed E-state index contributed by atoms with van der Waals surface area (Å²) in [4.78, 5) is 21.1. The van der Waals surface area contributed by atoms with Gasteiger partial charge in [-0.15, -0.1) is 0 Å². The number of nitrogens with zero attached hydrogens (tertiary/aromatic N) is 4. The summed E-state index contributed by atoms with van der Waals surface area (Å²) in [5, 5.41) is 0. The van der Waals surface area contributed by atoms with Gasteiger partial charge in [0.05, 0.1) is 11.9 Å². The molecule has 10 nitrogen and oxygen atoms in total. The smallest absolute Gasteiger partial charge is 0.247 e. The van der Waals surface area contributed by atoms with E-state index < -0.39 is 54.3 Å². The molecule has 0 aliphatic carbocycles. The van der Waals surface area contributed by atoms with Crippen LogP contribution in [0.3, 0.4) is 0 Å². The molecule has 0 saturated carbocycles. The van der Waals surface area contributed by atoms with E-state index in [0.717, 1.165) is 26.9 Å². The Kier molecular flexibility index (Phi) is 7.44. The standard InChI is InChI=1S/C28H29F2N5O5S2/c1-27(22-14-20(8-10-23(22)30)15-25(36)24-11-9-21(29)16-32-24)28(42(39,40)34(2)26(31)33-27)12-13-35(18-28)41(37,38)17-19-6-4-3-5-7-19/h3-11,14,16H,12-13,15,17-18H2,1-2H3,(H2,31,33)/t27-,28+/m1/s1. The number of halogens is 2. The lowest BCUT2D eigenvalue weighted by Crippen LogP contribution is -2.66. The highest BCUT2D eigenvalue weighted by atomic mass is 32.2. The predicted molar refractivity (Wildman–Crippen MR) is 152 cm³/mol. The molecule has 1 saturated heterocycles. The maximum atomic E-state index is 15.6. The van der Waals surface area contributed by atoms with E-state index >= 15 is 4.39 Å². The van der Waals surface area contributed by atoms with E-state index in [-0.39, 0.29) is 42.4 Å². The summed E-state index contributed by atoms with van der Waals surface area (Å²) in [5.41, 5.74) is 4.90. The van der Waals surface area contributed by atoms with Gasteiger partial charge in [-0.3, -0.25) is 9.78 Å². The van der Waals surface area contributed by atoms with Crippen LogP contribution in [0.15, 0.2) is 71.9 Å². The van der Waals surface area contributed by atoms with Crippen LogP contribution in [-0.4, -0.2) is 67.1 Å². The molecule has 2 aromatic carbocycles. The highest BCUT2D eigenvalue weighted by molar-refractivity contribution is 7.91. The number of hydrogen-bond donors (Lipinski definition) is 1. The second kappa shape index (κ2) is 10.5. The Labute approximate surface area is 243 Å². The Morgan fingerprint density at radius 2 is 1.79 bits per heavy atom. The molecule has 0 bridgehead atoms. The first kappa shape index (κ1) is 29.7. The number of hydrogen-bond acceptors (Lipinski definition) is 8. The van der Waals surface area contributed by atoms with Crippen LogP contribution in [0.1, 0.15) is 40.5 Å². The van der Waals surface area contributed by atoms with Gasteiger partial charge in [0.25, 0.3) is 0 Å². The van der Waals surface area contributed by atoms with Gasteiger partial charge in [0.2, 0.25) is 26.0 Å². The third-order valence-corrected chi connectivity index (χ3v) is 12.5. The number of pyridine rings is 1. The van der Waals surface area contributed by atoms with Crippen LogP contribution in [0, 0.1) is 11.6 Å². The Morgan fingerprint density at radius 3 is 2.45 bits per heavy atom. The van der Waals surface area contributed by atoms with Gasteiger partial charge in [-0.25, -0.2) is 34.9 Å². The number of ketones is 1. The zero-order chi connectivity index (χ0) is 30.5. The number of Topliss-reactive ketones (excluding diaryl/α,β-unsaturated/α-hetero) is 1. The molecule has 1 spiro atoms. The molecule has 222 valence electrons. The van der Waals surface area contributed by atoms with Crippen LogP contribution in [-0.2, 0) is 37.8 Å². The van der Waals surface area contributed by atoms with Crippen LogP contribution in [0.5, 0.6) is 0 Å². The SMILES string of the molecule is CN1C(N)=N[C@](C)(c2cc(CC(=O)c3ccc(F)cn3)ccc2F)[C@@]2(CCN(S(=O)(=O)Cc3ccccc3)C2)S1(=O)=O. The van der Waals surface area contributed by atoms with Crippen LogP contribution in [0.4, 0.5) is 8.78 Å². The quantitative estimate of drug-likeness (QED) is 0.402. The maximum absolute atomic E-state index is 15.6. The van der Waals surface area contributed by atoms with Gasteiger partial charge < -0.3 is 5.73 Å². The van der Waals surface area contributed by atoms with Crippen molar-refractivity contribution in [1.82, 2.24) is 13.6 Å². The number of aromatic nitrogens is 1. The second-order valence-corrected chi connectivity index (χ2v) is 14.9. The van der Waals surface area contributed by atoms with E-state index in [9.17, 15) is 26.0 Å². The van der Waals surface area contributed by atoms with E-state index in [1.54, 1.807) is 30.3 Å². The minimum atomic E-state index is -4.38. The molecular weight excluding hydrogens is 588 g/mol. The summed E-state index contributed by atoms with van der Waals surface area (Å²) < 4.78 is 84.0. The number of benzene rings is 2. The van der Waals surface area contributed by atoms with Crippen LogP contribution in [0.25, 0.3) is 0 Å². The molecular formula is C28H29F2N5O5S2. The van der Waals surface area contributed by atoms with Crippen molar-refractivity contribution in [3.63, 3.8) is 0 Å². The third-order valence-electron chi connectivity index (χ3n) is 8.12. The fraction of sp³-hybridized carbons (Fsp3) is 0.321. The molecule has 3 aromatic rings. The molecule has 42 heavy (non-hydrogen) atoms. The van der Waals surface area contributed by atoms with Crippen molar-refractivity contribution in [1.29, 1.82) is 0 Å². The van der Waals surface area contributed by atoms with Gasteiger partial charge in [-0.05, 0) is 48.7 Å². The number of guanidine groups is 1. The molecule has 0 amide bonds. The molecule has 5 rings (SSSR count). The second-order valence-electron chi connectivity index (χ2n) is 10.6. The molecule has 2 N–H and O–H groups in total. The van der Waals surface area contributed by atoms with Crippen molar-refractivity contribution in [2.24, 2.45) is 10.7 Å². The number of rotatable bonds is 7. The number of aliphatic imine (C=N–C) groups is 1. The maximum Gasteiger partial charge on any atom is 0.247 e. The fourth-order valence-corrected chi connectivity index (χ4v) is 9.49. The van der Waals surface area contributed by atoms with Crippen molar-refractivity contribution < 1.29 is 30.4 Å². The summed E-state index contributed by atoms with van der Waals surface area (Å²) in [6, 6.07) is 14.6. The first-order valence-electron chi connectivity index (χ1n) is 13.0. The van der Waals surface area contributed by atoms with Crippen LogP contribution < -0.4 is 5.73 Å². The zero-order valence-corrected chi connectivity index (χ0v) is 24.5. The average molecular weight is 618 g/mol. The predicted octanol–water partition coefficient (Wildman–Crippen LogP) is 2.56. The van der Waals surface area contributed by atoms with Crippen molar-refractivity contribution >= 4 is 31.8 Å². The third kappa shape index (κ3) is 4.86. The zero-order valence-electron chi connectivity index (χ0n) is 22.9. The summed E-state index contributed by atoms with van der Waals surface area (Å²) in [7, 11) is -7.13. The van der Waals surface area contributed by atoms with E-state index in [4.69, 9.17) is 5.73 Å². The van der Waals surface area contributed by atoms with E-state index in [1.165, 1.54) is 32.2 Å². The Balaban J connectivity index is 1.57. The first-order valence-corrected chi connectivity index (χ1v) is 16.0. The van der Waals surface area contributed by atoms with Gasteiger partial charge in [0.15, 0.2) is 5.78 Å². The highest BCUT2D eigenvalue weighted by Gasteiger charge is 2.67. The van der Waals surface area contributed by atoms with Crippen molar-refractivity contribution in [2.45, 2.75) is 35.8 Å². The van der Waals surface area contributed by atoms with Gasteiger partial charge >= 0.3 is 0 Å². The number of carbonyl (C=O) groups is 1. The average Bonchev–Trinajstić information content (AvgIpc) is 3.43. The van der Waals surface area contributed by atoms with Gasteiger partial charge in [-0.1, -0.05) is 36.4 Å². The normalized spacial score (nSPS) is 24.1. The lowest BCUT2D eigenvalue weighted by Gasteiger charge is -2.48. The molecule has 1 aromatic heterocycles. The summed E-state index contributed by atoms with van der Waals surface area (Å²) in [6.07, 6.45) is 0.494. The lowest BCUT2D eigenvalue weighted by atomic mass is 9.77. The van der Waals surface area contributed by atoms with E-state index in [0.29, 0.717) is 11.1 Å². The molecule has 3 heterocycles. The first-order chi connectivity index (χ1) is 19.7. The molecule has 2 aliphatic rings. The summed E-state index contributed by atoms with van der Waals surface area (Å²) in [6.45, 7) is 0.802. The lowest BCUT2D eigenvalue weighted by molar-refractivity contribution is 0.0988. The largest absolute Gasteiger partial charge is 0.369 e. The highest BCUT2D eigenvalue weighted by Crippen LogP contribution is 2.52. The Bertz CT molecular complexity index is 1790. The summed E-state index contributed by atoms with van der Waals surface area (Å²) >= 11 is 0. The molecule has 2 atom stereocenters. The van der Waals surface area contributed by atoms with Gasteiger partial charge in [-0.2, -0.15) is 4.31 Å². The van der Waals surface area contributed by atoms with Crippen LogP contribution in [0.2, 0.25) is 0 Å². The Hall–Kier alpha value is -3.75. The topological polar surface area (TPSA) is 143 Å². The minimum Gasteiger partial charge on any atom is -0.369 e. The van der Waals surface area contributed by atoms with Crippen molar-refractivity contribution in [3.05, 3.63) is 101 Å². The molecule has 2 aliphatic heterocycles. The minimum absolute atomic E-state index is 0.00384. The van der Waals surface area contributed by atoms with Crippen molar-refractivity contribution in [2.75, 3.05) is 20.1 Å². The fourth-order valence-electron chi connectivity index (χ4n) is 5.69. The molecule has 0 unspecified atom stereocenters. The van der Waals surface area contributed by atoms with E-state index in [2.05, 4.69) is 9.98 Å². The Morgan fingerprint density at radius 1 is 1.07 bits per heavy atom. The number of nitrogens with two attached hydrogens (primary N) is 1. The van der Waals surface area contributed by atoms with Gasteiger partial charge in [0.1, 0.15) is 27.6 Å².